The molecule has 110 valence electrons. The van der Waals surface area contributed by atoms with Crippen LogP contribution in [0.5, 0.6) is 0 Å². The SMILES string of the molecule is Cc1cc(C)c2c3c(c(=O)oc2c1)Sc1ccc(Cl)cc1N3. The van der Waals surface area contributed by atoms with Crippen molar-refractivity contribution in [1.29, 1.82) is 0 Å². The molecule has 0 radical (unpaired) electrons. The van der Waals surface area contributed by atoms with Gasteiger partial charge in [-0.05, 0) is 49.2 Å². The summed E-state index contributed by atoms with van der Waals surface area (Å²) < 4.78 is 5.52. The zero-order valence-corrected chi connectivity index (χ0v) is 13.6. The number of nitrogens with one attached hydrogen (secondary N) is 1. The Kier molecular flexibility index (Phi) is 2.99. The van der Waals surface area contributed by atoms with Crippen LogP contribution in [0.4, 0.5) is 11.4 Å². The molecule has 22 heavy (non-hydrogen) atoms. The van der Waals surface area contributed by atoms with E-state index in [0.29, 0.717) is 15.5 Å². The second-order valence-electron chi connectivity index (χ2n) is 5.42. The van der Waals surface area contributed by atoms with Gasteiger partial charge in [0.1, 0.15) is 10.5 Å². The molecule has 0 saturated heterocycles. The van der Waals surface area contributed by atoms with Gasteiger partial charge in [0.25, 0.3) is 0 Å². The Labute approximate surface area is 136 Å². The highest BCUT2D eigenvalue weighted by atomic mass is 35.5. The summed E-state index contributed by atoms with van der Waals surface area (Å²) in [4.78, 5) is 13.9. The molecule has 1 aromatic heterocycles. The van der Waals surface area contributed by atoms with Gasteiger partial charge in [-0.25, -0.2) is 4.79 Å². The first kappa shape index (κ1) is 13.7. The minimum absolute atomic E-state index is 0.314. The van der Waals surface area contributed by atoms with E-state index < -0.39 is 0 Å². The molecule has 2 aromatic carbocycles. The summed E-state index contributed by atoms with van der Waals surface area (Å²) in [6.45, 7) is 4.01. The molecule has 0 amide bonds. The van der Waals surface area contributed by atoms with Crippen molar-refractivity contribution in [2.45, 2.75) is 23.6 Å². The van der Waals surface area contributed by atoms with Crippen LogP contribution in [0.1, 0.15) is 11.1 Å². The van der Waals surface area contributed by atoms with Crippen LogP contribution in [0.15, 0.2) is 49.3 Å². The molecule has 0 aliphatic carbocycles. The average Bonchev–Trinajstić information content (AvgIpc) is 2.44. The third-order valence-electron chi connectivity index (χ3n) is 3.72. The first-order chi connectivity index (χ1) is 10.5. The molecule has 3 aromatic rings. The van der Waals surface area contributed by atoms with Crippen LogP contribution in [0.25, 0.3) is 11.0 Å². The topological polar surface area (TPSA) is 42.2 Å². The molecule has 1 aliphatic rings. The third kappa shape index (κ3) is 2.02. The van der Waals surface area contributed by atoms with Crippen molar-refractivity contribution < 1.29 is 4.42 Å². The Bertz CT molecular complexity index is 994. The van der Waals surface area contributed by atoms with E-state index in [0.717, 1.165) is 32.8 Å². The van der Waals surface area contributed by atoms with Gasteiger partial charge in [0.05, 0.1) is 11.4 Å². The van der Waals surface area contributed by atoms with E-state index in [2.05, 4.69) is 11.4 Å². The van der Waals surface area contributed by atoms with Crippen molar-refractivity contribution in [3.63, 3.8) is 0 Å². The molecular formula is C17H12ClNO2S. The van der Waals surface area contributed by atoms with Crippen LogP contribution < -0.4 is 10.9 Å². The predicted molar refractivity (Wildman–Crippen MR) is 90.8 cm³/mol. The molecule has 0 spiro atoms. The van der Waals surface area contributed by atoms with Crippen molar-refractivity contribution in [2.75, 3.05) is 5.32 Å². The normalized spacial score (nSPS) is 12.7. The molecule has 0 unspecified atom stereocenters. The average molecular weight is 330 g/mol. The van der Waals surface area contributed by atoms with E-state index in [1.165, 1.54) is 11.8 Å². The second-order valence-corrected chi connectivity index (χ2v) is 6.90. The summed E-state index contributed by atoms with van der Waals surface area (Å²) in [7, 11) is 0. The number of aryl methyl sites for hydroxylation is 2. The predicted octanol–water partition coefficient (Wildman–Crippen LogP) is 5.27. The van der Waals surface area contributed by atoms with Crippen LogP contribution in [-0.4, -0.2) is 0 Å². The smallest absolute Gasteiger partial charge is 0.352 e. The molecule has 0 saturated carbocycles. The van der Waals surface area contributed by atoms with Gasteiger partial charge < -0.3 is 9.73 Å². The van der Waals surface area contributed by atoms with Crippen molar-refractivity contribution in [3.8, 4) is 0 Å². The van der Waals surface area contributed by atoms with Gasteiger partial charge in [-0.2, -0.15) is 0 Å². The van der Waals surface area contributed by atoms with Gasteiger partial charge in [0.2, 0.25) is 0 Å². The number of hydrogen-bond donors (Lipinski definition) is 1. The molecule has 5 heteroatoms. The highest BCUT2D eigenvalue weighted by molar-refractivity contribution is 7.99. The fraction of sp³-hybridized carbons (Fsp3) is 0.118. The van der Waals surface area contributed by atoms with E-state index in [9.17, 15) is 4.79 Å². The number of halogens is 1. The van der Waals surface area contributed by atoms with E-state index in [-0.39, 0.29) is 5.63 Å². The molecule has 4 rings (SSSR count). The number of hydrogen-bond acceptors (Lipinski definition) is 4. The van der Waals surface area contributed by atoms with Crippen LogP contribution >= 0.6 is 23.4 Å². The first-order valence-corrected chi connectivity index (χ1v) is 8.05. The fourth-order valence-corrected chi connectivity index (χ4v) is 3.96. The van der Waals surface area contributed by atoms with E-state index >= 15 is 0 Å². The standard InChI is InChI=1S/C17H12ClNO2S/c1-8-5-9(2)14-12(6-8)21-17(20)16-15(14)19-11-7-10(18)3-4-13(11)22-16/h3-7,19H,1-2H3. The van der Waals surface area contributed by atoms with Crippen molar-refractivity contribution in [1.82, 2.24) is 0 Å². The lowest BCUT2D eigenvalue weighted by Gasteiger charge is -2.22. The zero-order valence-electron chi connectivity index (χ0n) is 12.0. The number of benzene rings is 2. The van der Waals surface area contributed by atoms with Crippen LogP contribution in [0, 0.1) is 13.8 Å². The Balaban J connectivity index is 2.05. The lowest BCUT2D eigenvalue weighted by molar-refractivity contribution is 0.544. The monoisotopic (exact) mass is 329 g/mol. The number of fused-ring (bicyclic) bond motifs is 4. The van der Waals surface area contributed by atoms with E-state index in [1.54, 1.807) is 0 Å². The summed E-state index contributed by atoms with van der Waals surface area (Å²) >= 11 is 7.49. The van der Waals surface area contributed by atoms with Gasteiger partial charge in [-0.15, -0.1) is 0 Å². The van der Waals surface area contributed by atoms with Crippen LogP contribution in [0.3, 0.4) is 0 Å². The van der Waals surface area contributed by atoms with Crippen molar-refractivity contribution in [3.05, 3.63) is 56.9 Å². The van der Waals surface area contributed by atoms with Gasteiger partial charge in [0.15, 0.2) is 0 Å². The number of rotatable bonds is 0. The third-order valence-corrected chi connectivity index (χ3v) is 5.11. The van der Waals surface area contributed by atoms with Gasteiger partial charge in [-0.1, -0.05) is 29.4 Å². The van der Waals surface area contributed by atoms with Crippen molar-refractivity contribution in [2.24, 2.45) is 0 Å². The lowest BCUT2D eigenvalue weighted by Crippen LogP contribution is -2.11. The van der Waals surface area contributed by atoms with E-state index in [1.807, 2.05) is 38.1 Å². The highest BCUT2D eigenvalue weighted by Crippen LogP contribution is 2.46. The van der Waals surface area contributed by atoms with Gasteiger partial charge in [-0.3, -0.25) is 0 Å². The van der Waals surface area contributed by atoms with E-state index in [4.69, 9.17) is 16.0 Å². The molecule has 0 bridgehead atoms. The van der Waals surface area contributed by atoms with Gasteiger partial charge in [0, 0.05) is 15.3 Å². The minimum Gasteiger partial charge on any atom is -0.422 e. The Hall–Kier alpha value is -1.91. The quantitative estimate of drug-likeness (QED) is 0.446. The number of anilines is 2. The molecule has 0 atom stereocenters. The summed E-state index contributed by atoms with van der Waals surface area (Å²) in [5.41, 5.74) is 4.17. The van der Waals surface area contributed by atoms with Crippen molar-refractivity contribution >= 4 is 45.7 Å². The molecular weight excluding hydrogens is 318 g/mol. The van der Waals surface area contributed by atoms with Crippen LogP contribution in [0.2, 0.25) is 5.02 Å². The summed E-state index contributed by atoms with van der Waals surface area (Å²) in [5, 5.41) is 4.97. The molecule has 2 heterocycles. The first-order valence-electron chi connectivity index (χ1n) is 6.85. The fourth-order valence-electron chi connectivity index (χ4n) is 2.84. The Morgan fingerprint density at radius 3 is 2.82 bits per heavy atom. The highest BCUT2D eigenvalue weighted by Gasteiger charge is 2.23. The minimum atomic E-state index is -0.314. The largest absolute Gasteiger partial charge is 0.422 e. The Morgan fingerprint density at radius 2 is 2.00 bits per heavy atom. The second kappa shape index (κ2) is 4.80. The van der Waals surface area contributed by atoms with Crippen LogP contribution in [-0.2, 0) is 0 Å². The maximum absolute atomic E-state index is 12.3. The maximum atomic E-state index is 12.3. The Morgan fingerprint density at radius 1 is 1.18 bits per heavy atom. The molecule has 0 fully saturated rings. The lowest BCUT2D eigenvalue weighted by atomic mass is 10.1. The van der Waals surface area contributed by atoms with Gasteiger partial charge >= 0.3 is 5.63 Å². The zero-order chi connectivity index (χ0) is 15.4. The maximum Gasteiger partial charge on any atom is 0.352 e. The summed E-state index contributed by atoms with van der Waals surface area (Å²) in [5.74, 6) is 0. The molecule has 3 nitrogen and oxygen atoms in total. The summed E-state index contributed by atoms with van der Waals surface area (Å²) in [6, 6.07) is 9.57. The molecule has 1 aliphatic heterocycles. The molecule has 1 N–H and O–H groups in total. The summed E-state index contributed by atoms with van der Waals surface area (Å²) in [6.07, 6.45) is 0.